The third-order valence-electron chi connectivity index (χ3n) is 3.45. The van der Waals surface area contributed by atoms with Gasteiger partial charge in [-0.1, -0.05) is 35.9 Å². The van der Waals surface area contributed by atoms with Gasteiger partial charge >= 0.3 is 0 Å². The lowest BCUT2D eigenvalue weighted by atomic mass is 10.1. The zero-order valence-electron chi connectivity index (χ0n) is 12.4. The summed E-state index contributed by atoms with van der Waals surface area (Å²) < 4.78 is 18.9. The zero-order chi connectivity index (χ0) is 15.9. The van der Waals surface area contributed by atoms with Crippen LogP contribution in [0.4, 0.5) is 4.39 Å². The van der Waals surface area contributed by atoms with E-state index in [4.69, 9.17) is 21.4 Å². The van der Waals surface area contributed by atoms with Crippen molar-refractivity contribution in [3.8, 4) is 0 Å². The number of aliphatic hydroxyl groups is 1. The van der Waals surface area contributed by atoms with Crippen molar-refractivity contribution in [3.63, 3.8) is 0 Å². The summed E-state index contributed by atoms with van der Waals surface area (Å²) in [4.78, 5) is 0. The second kappa shape index (κ2) is 8.25. The Kier molecular flexibility index (Phi) is 6.34. The average Bonchev–Trinajstić information content (AvgIpc) is 2.52. The van der Waals surface area contributed by atoms with Gasteiger partial charge in [0.2, 0.25) is 0 Å². The quantitative estimate of drug-likeness (QED) is 0.820. The molecule has 2 aromatic rings. The molecule has 2 N–H and O–H groups in total. The molecule has 2 rings (SSSR count). The second-order valence-electron chi connectivity index (χ2n) is 5.02. The molecule has 3 nitrogen and oxygen atoms in total. The highest BCUT2D eigenvalue weighted by atomic mass is 35.5. The van der Waals surface area contributed by atoms with Gasteiger partial charge in [0.1, 0.15) is 5.82 Å². The van der Waals surface area contributed by atoms with Crippen LogP contribution in [0.25, 0.3) is 0 Å². The van der Waals surface area contributed by atoms with Crippen molar-refractivity contribution in [3.05, 3.63) is 70.0 Å². The Labute approximate surface area is 134 Å². The Morgan fingerprint density at radius 3 is 2.55 bits per heavy atom. The van der Waals surface area contributed by atoms with Gasteiger partial charge in [-0.25, -0.2) is 4.39 Å². The number of ether oxygens (including phenoxy) is 1. The number of hydrogen-bond donors (Lipinski definition) is 2. The van der Waals surface area contributed by atoms with Crippen molar-refractivity contribution >= 4 is 11.6 Å². The van der Waals surface area contributed by atoms with Gasteiger partial charge < -0.3 is 15.2 Å². The lowest BCUT2D eigenvalue weighted by Crippen LogP contribution is -2.25. The van der Waals surface area contributed by atoms with Crippen LogP contribution in [0.2, 0.25) is 5.02 Å². The summed E-state index contributed by atoms with van der Waals surface area (Å²) in [5, 5.41) is 13.0. The Balaban J connectivity index is 2.05. The molecular formula is C17H19ClFNO2. The van der Waals surface area contributed by atoms with Crippen LogP contribution in [-0.4, -0.2) is 18.8 Å². The van der Waals surface area contributed by atoms with E-state index in [-0.39, 0.29) is 12.6 Å². The van der Waals surface area contributed by atoms with Gasteiger partial charge in [0.05, 0.1) is 19.3 Å². The van der Waals surface area contributed by atoms with Crippen LogP contribution in [0.5, 0.6) is 0 Å². The SMILES string of the molecule is COC[C@@H](NCc1ccc(CO)c(F)c1)c1ccc(Cl)cc1. The number of benzene rings is 2. The summed E-state index contributed by atoms with van der Waals surface area (Å²) in [6.45, 7) is 0.703. The fraction of sp³-hybridized carbons (Fsp3) is 0.294. The van der Waals surface area contributed by atoms with Gasteiger partial charge in [0.25, 0.3) is 0 Å². The molecule has 0 aliphatic rings. The lowest BCUT2D eigenvalue weighted by molar-refractivity contribution is 0.166. The number of aliphatic hydroxyl groups excluding tert-OH is 1. The Hall–Kier alpha value is -1.46. The van der Waals surface area contributed by atoms with E-state index in [0.717, 1.165) is 11.1 Å². The first-order valence-electron chi connectivity index (χ1n) is 7.00. The van der Waals surface area contributed by atoms with Crippen LogP contribution in [0.3, 0.4) is 0 Å². The van der Waals surface area contributed by atoms with E-state index in [2.05, 4.69) is 5.32 Å². The van der Waals surface area contributed by atoms with Gasteiger partial charge in [-0.05, 0) is 29.3 Å². The lowest BCUT2D eigenvalue weighted by Gasteiger charge is -2.19. The molecule has 5 heteroatoms. The van der Waals surface area contributed by atoms with Crippen LogP contribution < -0.4 is 5.32 Å². The van der Waals surface area contributed by atoms with E-state index in [9.17, 15) is 4.39 Å². The highest BCUT2D eigenvalue weighted by molar-refractivity contribution is 6.30. The van der Waals surface area contributed by atoms with Crippen molar-refractivity contribution in [2.24, 2.45) is 0 Å². The van der Waals surface area contributed by atoms with E-state index in [1.54, 1.807) is 19.2 Å². The van der Waals surface area contributed by atoms with Crippen LogP contribution in [0, 0.1) is 5.82 Å². The standard InChI is InChI=1S/C17H19ClFNO2/c1-22-11-17(13-4-6-15(18)7-5-13)20-9-12-2-3-14(10-21)16(19)8-12/h2-8,17,20-21H,9-11H2,1H3/t17-/m1/s1. The Bertz CT molecular complexity index is 604. The maximum absolute atomic E-state index is 13.7. The molecular weight excluding hydrogens is 305 g/mol. The monoisotopic (exact) mass is 323 g/mol. The minimum absolute atomic E-state index is 0.0113. The molecule has 0 unspecified atom stereocenters. The van der Waals surface area contributed by atoms with Crippen molar-refractivity contribution in [1.29, 1.82) is 0 Å². The molecule has 0 fully saturated rings. The molecule has 0 spiro atoms. The molecule has 0 radical (unpaired) electrons. The number of rotatable bonds is 7. The molecule has 0 aromatic heterocycles. The molecule has 0 aliphatic carbocycles. The molecule has 1 atom stereocenters. The Morgan fingerprint density at radius 2 is 1.95 bits per heavy atom. The smallest absolute Gasteiger partial charge is 0.129 e. The van der Waals surface area contributed by atoms with Gasteiger partial charge in [-0.2, -0.15) is 0 Å². The topological polar surface area (TPSA) is 41.5 Å². The van der Waals surface area contributed by atoms with Gasteiger partial charge in [0, 0.05) is 24.2 Å². The van der Waals surface area contributed by atoms with Crippen molar-refractivity contribution in [2.45, 2.75) is 19.2 Å². The van der Waals surface area contributed by atoms with Crippen LogP contribution in [0.1, 0.15) is 22.7 Å². The molecule has 0 heterocycles. The van der Waals surface area contributed by atoms with E-state index < -0.39 is 5.82 Å². The summed E-state index contributed by atoms with van der Waals surface area (Å²) in [5.74, 6) is -0.392. The predicted octanol–water partition coefficient (Wildman–Crippen LogP) is 3.45. The molecule has 0 aliphatic heterocycles. The highest BCUT2D eigenvalue weighted by Crippen LogP contribution is 2.18. The Morgan fingerprint density at radius 1 is 1.23 bits per heavy atom. The molecule has 0 saturated carbocycles. The fourth-order valence-electron chi connectivity index (χ4n) is 2.20. The van der Waals surface area contributed by atoms with Crippen LogP contribution in [0.15, 0.2) is 42.5 Å². The molecule has 0 saturated heterocycles. The maximum Gasteiger partial charge on any atom is 0.129 e. The molecule has 2 aromatic carbocycles. The summed E-state index contributed by atoms with van der Waals surface area (Å²) in [7, 11) is 1.64. The number of halogens is 2. The minimum atomic E-state index is -0.392. The third-order valence-corrected chi connectivity index (χ3v) is 3.70. The first-order valence-corrected chi connectivity index (χ1v) is 7.37. The number of hydrogen-bond acceptors (Lipinski definition) is 3. The third kappa shape index (κ3) is 4.52. The molecule has 118 valence electrons. The number of nitrogens with one attached hydrogen (secondary N) is 1. The summed E-state index contributed by atoms with van der Waals surface area (Å²) in [5.41, 5.74) is 2.17. The summed E-state index contributed by atoms with van der Waals surface area (Å²) in [6.07, 6.45) is 0. The zero-order valence-corrected chi connectivity index (χ0v) is 13.1. The number of methoxy groups -OCH3 is 1. The van der Waals surface area contributed by atoms with Crippen LogP contribution >= 0.6 is 11.6 Å². The first-order chi connectivity index (χ1) is 10.6. The normalized spacial score (nSPS) is 12.4. The van der Waals surface area contributed by atoms with Gasteiger partial charge in [0.15, 0.2) is 0 Å². The van der Waals surface area contributed by atoms with E-state index in [1.165, 1.54) is 6.07 Å². The molecule has 0 amide bonds. The predicted molar refractivity (Wildman–Crippen MR) is 85.2 cm³/mol. The highest BCUT2D eigenvalue weighted by Gasteiger charge is 2.11. The average molecular weight is 324 g/mol. The van der Waals surface area contributed by atoms with Crippen molar-refractivity contribution < 1.29 is 14.2 Å². The second-order valence-corrected chi connectivity index (χ2v) is 5.46. The molecule has 22 heavy (non-hydrogen) atoms. The largest absolute Gasteiger partial charge is 0.392 e. The fourth-order valence-corrected chi connectivity index (χ4v) is 2.33. The first kappa shape index (κ1) is 16.9. The van der Waals surface area contributed by atoms with Gasteiger partial charge in [-0.3, -0.25) is 0 Å². The summed E-state index contributed by atoms with van der Waals surface area (Å²) in [6, 6.07) is 12.4. The minimum Gasteiger partial charge on any atom is -0.392 e. The van der Waals surface area contributed by atoms with Gasteiger partial charge in [-0.15, -0.1) is 0 Å². The van der Waals surface area contributed by atoms with E-state index in [0.29, 0.717) is 23.7 Å². The van der Waals surface area contributed by atoms with Crippen LogP contribution in [-0.2, 0) is 17.9 Å². The van der Waals surface area contributed by atoms with E-state index in [1.807, 2.05) is 24.3 Å². The molecule has 0 bridgehead atoms. The maximum atomic E-state index is 13.7. The van der Waals surface area contributed by atoms with Crippen molar-refractivity contribution in [2.75, 3.05) is 13.7 Å². The summed E-state index contributed by atoms with van der Waals surface area (Å²) >= 11 is 5.90. The van der Waals surface area contributed by atoms with Crippen molar-refractivity contribution in [1.82, 2.24) is 5.32 Å². The van der Waals surface area contributed by atoms with E-state index >= 15 is 0 Å².